The van der Waals surface area contributed by atoms with Crippen LogP contribution in [-0.4, -0.2) is 33.3 Å². The van der Waals surface area contributed by atoms with Crippen molar-refractivity contribution >= 4 is 5.78 Å². The van der Waals surface area contributed by atoms with E-state index in [1.54, 1.807) is 11.8 Å². The predicted molar refractivity (Wildman–Crippen MR) is 60.1 cm³/mol. The molecule has 0 amide bonds. The Hall–Kier alpha value is -1.23. The third-order valence-electron chi connectivity index (χ3n) is 3.03. The van der Waals surface area contributed by atoms with Crippen LogP contribution in [0.15, 0.2) is 6.33 Å². The number of carbonyl (C=O) groups excluding carboxylic acids is 1. The monoisotopic (exact) mass is 225 g/mol. The fourth-order valence-corrected chi connectivity index (χ4v) is 1.48. The lowest BCUT2D eigenvalue weighted by Crippen LogP contribution is -2.38. The zero-order valence-corrected chi connectivity index (χ0v) is 10.4. The molecule has 0 spiro atoms. The molecule has 0 aromatic carbocycles. The SMILES string of the molecule is CCn1ncnc1CC(=O)C(C)(CC)OC. The maximum absolute atomic E-state index is 12.1. The van der Waals surface area contributed by atoms with Gasteiger partial charge in [0, 0.05) is 13.7 Å². The fourth-order valence-electron chi connectivity index (χ4n) is 1.48. The van der Waals surface area contributed by atoms with E-state index < -0.39 is 5.60 Å². The molecule has 0 aliphatic heterocycles. The van der Waals surface area contributed by atoms with Crippen molar-refractivity contribution in [3.63, 3.8) is 0 Å². The average molecular weight is 225 g/mol. The molecule has 0 saturated heterocycles. The van der Waals surface area contributed by atoms with Crippen molar-refractivity contribution in [2.45, 2.75) is 45.8 Å². The molecule has 1 heterocycles. The number of nitrogens with zero attached hydrogens (tertiary/aromatic N) is 3. The number of carbonyl (C=O) groups is 1. The summed E-state index contributed by atoms with van der Waals surface area (Å²) in [5, 5.41) is 4.03. The van der Waals surface area contributed by atoms with Gasteiger partial charge in [-0.25, -0.2) is 9.67 Å². The van der Waals surface area contributed by atoms with Crippen LogP contribution in [0.5, 0.6) is 0 Å². The van der Waals surface area contributed by atoms with Crippen LogP contribution in [0.25, 0.3) is 0 Å². The molecular weight excluding hydrogens is 206 g/mol. The van der Waals surface area contributed by atoms with Crippen molar-refractivity contribution in [2.24, 2.45) is 0 Å². The Labute approximate surface area is 95.8 Å². The molecule has 0 bridgehead atoms. The first-order valence-electron chi connectivity index (χ1n) is 5.52. The third kappa shape index (κ3) is 2.47. The lowest BCUT2D eigenvalue weighted by Gasteiger charge is -2.24. The van der Waals surface area contributed by atoms with E-state index in [1.807, 2.05) is 20.8 Å². The number of aryl methyl sites for hydroxylation is 1. The van der Waals surface area contributed by atoms with Gasteiger partial charge in [0.25, 0.3) is 0 Å². The Kier molecular flexibility index (Phi) is 4.18. The Bertz CT molecular complexity index is 356. The van der Waals surface area contributed by atoms with Gasteiger partial charge in [0.05, 0.1) is 6.42 Å². The Balaban J connectivity index is 2.78. The van der Waals surface area contributed by atoms with E-state index in [-0.39, 0.29) is 12.2 Å². The fraction of sp³-hybridized carbons (Fsp3) is 0.727. The summed E-state index contributed by atoms with van der Waals surface area (Å²) < 4.78 is 6.99. The zero-order chi connectivity index (χ0) is 12.2. The Morgan fingerprint density at radius 1 is 1.56 bits per heavy atom. The molecule has 0 aliphatic carbocycles. The lowest BCUT2D eigenvalue weighted by atomic mass is 9.95. The van der Waals surface area contributed by atoms with E-state index >= 15 is 0 Å². The summed E-state index contributed by atoms with van der Waals surface area (Å²) in [6, 6.07) is 0. The molecule has 90 valence electrons. The van der Waals surface area contributed by atoms with Crippen molar-refractivity contribution < 1.29 is 9.53 Å². The topological polar surface area (TPSA) is 57.0 Å². The largest absolute Gasteiger partial charge is 0.371 e. The number of Topliss-reactive ketones (excluding diaryl/α,β-unsaturated/α-hetero) is 1. The van der Waals surface area contributed by atoms with Gasteiger partial charge in [-0.05, 0) is 20.3 Å². The summed E-state index contributed by atoms with van der Waals surface area (Å²) in [4.78, 5) is 16.1. The first-order chi connectivity index (χ1) is 7.57. The summed E-state index contributed by atoms with van der Waals surface area (Å²) in [7, 11) is 1.56. The van der Waals surface area contributed by atoms with Crippen LogP contribution in [0.1, 0.15) is 33.0 Å². The van der Waals surface area contributed by atoms with Gasteiger partial charge >= 0.3 is 0 Å². The second-order valence-electron chi connectivity index (χ2n) is 3.88. The summed E-state index contributed by atoms with van der Waals surface area (Å²) in [6.07, 6.45) is 2.40. The molecule has 1 aromatic heterocycles. The molecule has 0 fully saturated rings. The summed E-state index contributed by atoms with van der Waals surface area (Å²) in [5.74, 6) is 0.740. The zero-order valence-electron chi connectivity index (χ0n) is 10.4. The van der Waals surface area contributed by atoms with Crippen molar-refractivity contribution in [1.82, 2.24) is 14.8 Å². The van der Waals surface area contributed by atoms with Gasteiger partial charge in [0.2, 0.25) is 0 Å². The number of aromatic nitrogens is 3. The summed E-state index contributed by atoms with van der Waals surface area (Å²) >= 11 is 0. The van der Waals surface area contributed by atoms with E-state index in [4.69, 9.17) is 4.74 Å². The van der Waals surface area contributed by atoms with Gasteiger partial charge < -0.3 is 4.74 Å². The van der Waals surface area contributed by atoms with Crippen LogP contribution < -0.4 is 0 Å². The molecule has 16 heavy (non-hydrogen) atoms. The van der Waals surface area contributed by atoms with Gasteiger partial charge in [-0.3, -0.25) is 4.79 Å². The van der Waals surface area contributed by atoms with Gasteiger partial charge in [-0.15, -0.1) is 0 Å². The molecule has 0 aliphatic rings. The smallest absolute Gasteiger partial charge is 0.171 e. The lowest BCUT2D eigenvalue weighted by molar-refractivity contribution is -0.138. The summed E-state index contributed by atoms with van der Waals surface area (Å²) in [6.45, 7) is 6.43. The molecule has 0 radical (unpaired) electrons. The van der Waals surface area contributed by atoms with Gasteiger partial charge in [0.15, 0.2) is 5.78 Å². The van der Waals surface area contributed by atoms with Crippen LogP contribution in [0, 0.1) is 0 Å². The van der Waals surface area contributed by atoms with E-state index in [2.05, 4.69) is 10.1 Å². The highest BCUT2D eigenvalue weighted by Gasteiger charge is 2.31. The number of ether oxygens (including phenoxy) is 1. The minimum Gasteiger partial charge on any atom is -0.371 e. The molecular formula is C11H19N3O2. The molecule has 5 heteroatoms. The number of hydrogen-bond acceptors (Lipinski definition) is 4. The second kappa shape index (κ2) is 5.21. The number of hydrogen-bond donors (Lipinski definition) is 0. The molecule has 5 nitrogen and oxygen atoms in total. The van der Waals surface area contributed by atoms with Crippen molar-refractivity contribution in [2.75, 3.05) is 7.11 Å². The third-order valence-corrected chi connectivity index (χ3v) is 3.03. The van der Waals surface area contributed by atoms with Crippen molar-refractivity contribution in [1.29, 1.82) is 0 Å². The number of ketones is 1. The molecule has 1 aromatic rings. The van der Waals surface area contributed by atoms with Crippen LogP contribution in [0.2, 0.25) is 0 Å². The highest BCUT2D eigenvalue weighted by Crippen LogP contribution is 2.17. The Morgan fingerprint density at radius 2 is 2.25 bits per heavy atom. The standard InChI is InChI=1S/C11H19N3O2/c1-5-11(3,16-4)9(15)7-10-12-8-13-14(10)6-2/h8H,5-7H2,1-4H3. The van der Waals surface area contributed by atoms with Gasteiger partial charge in [-0.2, -0.15) is 5.10 Å². The number of methoxy groups -OCH3 is 1. The minimum atomic E-state index is -0.718. The van der Waals surface area contributed by atoms with E-state index in [9.17, 15) is 4.79 Å². The molecule has 1 unspecified atom stereocenters. The average Bonchev–Trinajstić information content (AvgIpc) is 2.75. The first kappa shape index (κ1) is 12.8. The van der Waals surface area contributed by atoms with E-state index in [0.29, 0.717) is 12.2 Å². The molecule has 0 N–H and O–H groups in total. The van der Waals surface area contributed by atoms with Crippen LogP contribution >= 0.6 is 0 Å². The predicted octanol–water partition coefficient (Wildman–Crippen LogP) is 1.22. The molecule has 0 saturated carbocycles. The van der Waals surface area contributed by atoms with E-state index in [0.717, 1.165) is 6.54 Å². The van der Waals surface area contributed by atoms with Crippen LogP contribution in [0.3, 0.4) is 0 Å². The van der Waals surface area contributed by atoms with Crippen LogP contribution in [-0.2, 0) is 22.5 Å². The highest BCUT2D eigenvalue weighted by molar-refractivity contribution is 5.88. The quantitative estimate of drug-likeness (QED) is 0.730. The molecule has 1 rings (SSSR count). The van der Waals surface area contributed by atoms with Crippen molar-refractivity contribution in [3.8, 4) is 0 Å². The second-order valence-corrected chi connectivity index (χ2v) is 3.88. The van der Waals surface area contributed by atoms with E-state index in [1.165, 1.54) is 6.33 Å². The first-order valence-corrected chi connectivity index (χ1v) is 5.52. The normalized spacial score (nSPS) is 14.8. The van der Waals surface area contributed by atoms with Gasteiger partial charge in [0.1, 0.15) is 17.8 Å². The maximum atomic E-state index is 12.1. The van der Waals surface area contributed by atoms with Crippen LogP contribution in [0.4, 0.5) is 0 Å². The van der Waals surface area contributed by atoms with Gasteiger partial charge in [-0.1, -0.05) is 6.92 Å². The highest BCUT2D eigenvalue weighted by atomic mass is 16.5. The minimum absolute atomic E-state index is 0.0419. The Morgan fingerprint density at radius 3 is 2.75 bits per heavy atom. The molecule has 1 atom stereocenters. The number of rotatable bonds is 6. The maximum Gasteiger partial charge on any atom is 0.171 e. The summed E-state index contributed by atoms with van der Waals surface area (Å²) in [5.41, 5.74) is -0.718. The van der Waals surface area contributed by atoms with Crippen molar-refractivity contribution in [3.05, 3.63) is 12.2 Å².